The molecule has 1 aromatic carbocycles. The highest BCUT2D eigenvalue weighted by atomic mass is 35.5. The lowest BCUT2D eigenvalue weighted by Gasteiger charge is -2.29. The Morgan fingerprint density at radius 2 is 1.83 bits per heavy atom. The Kier molecular flexibility index (Phi) is 11.2. The number of fused-ring (bicyclic) bond motifs is 4. The molecular weight excluding hydrogens is 766 g/mol. The number of carbonyl (C=O) groups is 4. The summed E-state index contributed by atoms with van der Waals surface area (Å²) in [4.78, 5) is 63.5. The van der Waals surface area contributed by atoms with Crippen LogP contribution in [0.15, 0.2) is 30.4 Å². The monoisotopic (exact) mass is 819 g/mol. The van der Waals surface area contributed by atoms with Crippen LogP contribution in [0.25, 0.3) is 10.9 Å². The molecule has 4 aliphatic carbocycles. The summed E-state index contributed by atoms with van der Waals surface area (Å²) < 4.78 is 24.2. The van der Waals surface area contributed by atoms with Crippen molar-refractivity contribution < 1.29 is 43.2 Å². The number of ether oxygens (including phenoxy) is 4. The van der Waals surface area contributed by atoms with Crippen LogP contribution in [0.2, 0.25) is 5.02 Å². The quantitative estimate of drug-likeness (QED) is 0.270. The maximum absolute atomic E-state index is 14.6. The van der Waals surface area contributed by atoms with Gasteiger partial charge < -0.3 is 39.6 Å². The lowest BCUT2D eigenvalue weighted by molar-refractivity contribution is -0.145. The summed E-state index contributed by atoms with van der Waals surface area (Å²) in [7, 11) is 0. The zero-order chi connectivity index (χ0) is 40.0. The molecule has 0 bridgehead atoms. The largest absolute Gasteiger partial charge is 0.491 e. The van der Waals surface area contributed by atoms with Gasteiger partial charge in [-0.25, -0.2) is 9.59 Å². The molecule has 2 aromatic rings. The van der Waals surface area contributed by atoms with Gasteiger partial charge in [0.05, 0.1) is 25.3 Å². The summed E-state index contributed by atoms with van der Waals surface area (Å²) >= 11 is 7.01. The first-order valence-electron chi connectivity index (χ1n) is 21.4. The second-order valence-corrected chi connectivity index (χ2v) is 17.8. The maximum Gasteiger partial charge on any atom is 0.408 e. The van der Waals surface area contributed by atoms with Gasteiger partial charge in [0.25, 0.3) is 0 Å². The number of amides is 3. The average molecular weight is 820 g/mol. The van der Waals surface area contributed by atoms with E-state index in [9.17, 15) is 24.3 Å². The molecule has 4 saturated carbocycles. The molecule has 312 valence electrons. The molecule has 9 rings (SSSR count). The number of aromatic nitrogens is 1. The lowest BCUT2D eigenvalue weighted by atomic mass is 10.0. The van der Waals surface area contributed by atoms with Gasteiger partial charge in [-0.1, -0.05) is 36.6 Å². The van der Waals surface area contributed by atoms with Gasteiger partial charge in [-0.15, -0.1) is 0 Å². The van der Waals surface area contributed by atoms with Crippen LogP contribution in [0, 0.1) is 17.8 Å². The van der Waals surface area contributed by atoms with E-state index < -0.39 is 47.6 Å². The first-order valence-corrected chi connectivity index (χ1v) is 21.8. The number of carboxylic acid groups (broad SMARTS) is 1. The fourth-order valence-electron chi connectivity index (χ4n) is 9.54. The minimum Gasteiger partial charge on any atom is -0.491 e. The van der Waals surface area contributed by atoms with E-state index in [1.807, 2.05) is 30.4 Å². The van der Waals surface area contributed by atoms with E-state index in [1.54, 1.807) is 0 Å². The summed E-state index contributed by atoms with van der Waals surface area (Å²) in [5.41, 5.74) is -0.0235. The van der Waals surface area contributed by atoms with E-state index in [0.29, 0.717) is 71.9 Å². The molecule has 58 heavy (non-hydrogen) atoms. The van der Waals surface area contributed by atoms with Crippen molar-refractivity contribution in [3.8, 4) is 11.5 Å². The molecule has 7 aliphatic rings. The fraction of sp³-hybridized carbons (Fsp3) is 0.651. The average Bonchev–Trinajstić information content (AvgIpc) is 4.18. The van der Waals surface area contributed by atoms with Gasteiger partial charge in [0, 0.05) is 55.0 Å². The second kappa shape index (κ2) is 16.5. The Balaban J connectivity index is 0.970. The van der Waals surface area contributed by atoms with Gasteiger partial charge in [-0.05, 0) is 81.8 Å². The van der Waals surface area contributed by atoms with Crippen molar-refractivity contribution in [3.05, 3.63) is 41.1 Å². The van der Waals surface area contributed by atoms with Crippen LogP contribution in [-0.4, -0.2) is 120 Å². The second-order valence-electron chi connectivity index (χ2n) is 17.5. The highest BCUT2D eigenvalue weighted by Crippen LogP contribution is 2.52. The molecule has 15 heteroatoms. The predicted octanol–water partition coefficient (Wildman–Crippen LogP) is 5.20. The molecule has 3 amide bonds. The number of allylic oxidation sites excluding steroid dienone is 1. The topological polar surface area (TPSA) is 169 Å². The van der Waals surface area contributed by atoms with Crippen molar-refractivity contribution in [3.63, 3.8) is 0 Å². The van der Waals surface area contributed by atoms with Gasteiger partial charge in [-0.3, -0.25) is 19.5 Å². The van der Waals surface area contributed by atoms with Crippen LogP contribution in [0.5, 0.6) is 11.5 Å². The van der Waals surface area contributed by atoms with E-state index in [4.69, 9.17) is 35.5 Å². The summed E-state index contributed by atoms with van der Waals surface area (Å²) in [5, 5.41) is 17.1. The molecule has 7 atom stereocenters. The Hall–Kier alpha value is -4.14. The zero-order valence-electron chi connectivity index (χ0n) is 32.9. The SMILES string of the molecule is O=C(N[C@H]1CCCCC/C=C\[C@H]2C[C@@]2(C(=O)O)NC(=O)[C@@H]2C[C@@H](Oc3cc(C4CC4)nc4c(Cl)c(OCCN5CCOCC5)ccc34)CN2C1=O)OC1CC2CC2C1. The van der Waals surface area contributed by atoms with Crippen molar-refractivity contribution in [2.45, 2.75) is 113 Å². The van der Waals surface area contributed by atoms with E-state index in [0.717, 1.165) is 70.3 Å². The Bertz CT molecular complexity index is 1940. The minimum atomic E-state index is -1.44. The first-order chi connectivity index (χ1) is 28.1. The standard InChI is InChI=1S/C43H54ClN5O9/c44-37-35(56-17-14-48-12-15-55-16-13-48)11-10-31-36(22-33(25-8-9-25)45-38(31)37)57-30-21-34-39(50)47-43(41(52)53)23-28(43)6-4-2-1-3-5-7-32(40(51)49(34)24-30)46-42(54)58-29-19-26-18-27(26)20-29/h4,6,10-11,22,25-30,32,34H,1-3,5,7-9,12-21,23-24H2,(H,46,54)(H,47,50)(H,52,53)/b6-4-/t26?,27?,28-,29?,30+,32-,34-,43+/m0/s1. The molecule has 6 fully saturated rings. The van der Waals surface area contributed by atoms with Gasteiger partial charge in [0.15, 0.2) is 0 Å². The third kappa shape index (κ3) is 8.47. The van der Waals surface area contributed by atoms with Crippen molar-refractivity contribution in [2.75, 3.05) is 46.0 Å². The van der Waals surface area contributed by atoms with E-state index in [-0.39, 0.29) is 37.3 Å². The number of aliphatic carboxylic acids is 1. The molecule has 4 heterocycles. The number of halogens is 1. The van der Waals surface area contributed by atoms with Crippen molar-refractivity contribution >= 4 is 46.4 Å². The number of rotatable bonds is 10. The third-order valence-electron chi connectivity index (χ3n) is 13.3. The van der Waals surface area contributed by atoms with Gasteiger partial charge >= 0.3 is 12.1 Å². The number of morpholine rings is 1. The van der Waals surface area contributed by atoms with Gasteiger partial charge in [-0.2, -0.15) is 0 Å². The van der Waals surface area contributed by atoms with Crippen molar-refractivity contribution in [1.29, 1.82) is 0 Å². The number of benzene rings is 1. The Labute approximate surface area is 343 Å². The number of carbonyl (C=O) groups excluding carboxylic acids is 3. The molecule has 0 spiro atoms. The maximum atomic E-state index is 14.6. The smallest absolute Gasteiger partial charge is 0.408 e. The van der Waals surface area contributed by atoms with Gasteiger partial charge in [0.1, 0.15) is 53.0 Å². The number of alkyl carbamates (subject to hydrolysis) is 1. The molecule has 3 aliphatic heterocycles. The molecule has 2 saturated heterocycles. The van der Waals surface area contributed by atoms with Crippen LogP contribution >= 0.6 is 11.6 Å². The minimum absolute atomic E-state index is 0.0541. The summed E-state index contributed by atoms with van der Waals surface area (Å²) in [6.07, 6.45) is 11.2. The van der Waals surface area contributed by atoms with Crippen molar-refractivity contribution in [2.24, 2.45) is 17.8 Å². The molecular formula is C43H54ClN5O9. The highest BCUT2D eigenvalue weighted by Gasteiger charge is 2.61. The van der Waals surface area contributed by atoms with Crippen molar-refractivity contribution in [1.82, 2.24) is 25.4 Å². The van der Waals surface area contributed by atoms with E-state index in [2.05, 4.69) is 15.5 Å². The van der Waals surface area contributed by atoms with Crippen LogP contribution in [0.4, 0.5) is 4.79 Å². The Morgan fingerprint density at radius 3 is 2.60 bits per heavy atom. The first kappa shape index (κ1) is 39.3. The third-order valence-corrected chi connectivity index (χ3v) is 13.7. The number of nitrogens with zero attached hydrogens (tertiary/aromatic N) is 3. The van der Waals surface area contributed by atoms with Crippen LogP contribution < -0.4 is 20.1 Å². The zero-order valence-corrected chi connectivity index (χ0v) is 33.6. The summed E-state index contributed by atoms with van der Waals surface area (Å²) in [6.45, 7) is 4.40. The normalized spacial score (nSPS) is 33.1. The fourth-order valence-corrected chi connectivity index (χ4v) is 9.81. The lowest BCUT2D eigenvalue weighted by Crippen LogP contribution is -2.56. The number of carboxylic acids is 1. The van der Waals surface area contributed by atoms with Crippen LogP contribution in [0.3, 0.4) is 0 Å². The molecule has 1 aromatic heterocycles. The predicted molar refractivity (Wildman–Crippen MR) is 213 cm³/mol. The van der Waals surface area contributed by atoms with Crippen LogP contribution in [-0.2, 0) is 23.9 Å². The highest BCUT2D eigenvalue weighted by molar-refractivity contribution is 6.36. The molecule has 0 radical (unpaired) electrons. The van der Waals surface area contributed by atoms with E-state index in [1.165, 1.54) is 11.3 Å². The molecule has 14 nitrogen and oxygen atoms in total. The summed E-state index contributed by atoms with van der Waals surface area (Å²) in [5.74, 6) is 0.181. The van der Waals surface area contributed by atoms with Crippen LogP contribution in [0.1, 0.15) is 88.7 Å². The number of hydrogen-bond donors (Lipinski definition) is 3. The Morgan fingerprint density at radius 1 is 1.02 bits per heavy atom. The number of pyridine rings is 1. The summed E-state index contributed by atoms with van der Waals surface area (Å²) in [6, 6.07) is 3.68. The number of nitrogens with one attached hydrogen (secondary N) is 2. The van der Waals surface area contributed by atoms with Gasteiger partial charge in [0.2, 0.25) is 11.8 Å². The van der Waals surface area contributed by atoms with E-state index >= 15 is 0 Å². The molecule has 2 unspecified atom stereocenters. The number of hydrogen-bond acceptors (Lipinski definition) is 10. The molecule has 3 N–H and O–H groups in total.